The molecular formula is C16H13Cl2N3O5S. The zero-order valence-corrected chi connectivity index (χ0v) is 16.3. The van der Waals surface area contributed by atoms with Crippen molar-refractivity contribution in [2.75, 3.05) is 0 Å². The highest BCUT2D eigenvalue weighted by molar-refractivity contribution is 7.87. The van der Waals surface area contributed by atoms with Crippen LogP contribution in [-0.4, -0.2) is 23.1 Å². The molecule has 0 bridgehead atoms. The van der Waals surface area contributed by atoms with E-state index in [0.29, 0.717) is 12.1 Å². The number of hydrogen-bond acceptors (Lipinski definition) is 6. The van der Waals surface area contributed by atoms with Gasteiger partial charge in [-0.2, -0.15) is 8.42 Å². The number of non-ortho nitro benzene ring substituents is 1. The minimum Gasteiger partial charge on any atom is -0.356 e. The van der Waals surface area contributed by atoms with E-state index in [1.165, 1.54) is 35.0 Å². The van der Waals surface area contributed by atoms with Crippen LogP contribution < -0.4 is 4.18 Å². The van der Waals surface area contributed by atoms with E-state index < -0.39 is 15.0 Å². The Labute approximate surface area is 164 Å². The SMILES string of the molecule is CCCn1nc(OS(=O)(=O)c2cc(Cl)ccc2Cl)c2cc([N+](=O)[O-])ccc21. The van der Waals surface area contributed by atoms with Crippen LogP contribution in [0.2, 0.25) is 10.0 Å². The van der Waals surface area contributed by atoms with Crippen molar-refractivity contribution in [1.82, 2.24) is 9.78 Å². The van der Waals surface area contributed by atoms with E-state index in [1.807, 2.05) is 6.92 Å². The van der Waals surface area contributed by atoms with Gasteiger partial charge in [-0.3, -0.25) is 14.8 Å². The first-order valence-corrected chi connectivity index (χ1v) is 9.94. The number of halogens is 2. The average Bonchev–Trinajstić information content (AvgIpc) is 2.93. The molecule has 0 aliphatic carbocycles. The summed E-state index contributed by atoms with van der Waals surface area (Å²) in [5.41, 5.74) is 0.312. The van der Waals surface area contributed by atoms with Gasteiger partial charge in [-0.25, -0.2) is 0 Å². The predicted molar refractivity (Wildman–Crippen MR) is 101 cm³/mol. The van der Waals surface area contributed by atoms with Crippen molar-refractivity contribution in [3.05, 3.63) is 56.6 Å². The van der Waals surface area contributed by atoms with Crippen LogP contribution in [0, 0.1) is 10.1 Å². The first-order valence-electron chi connectivity index (χ1n) is 7.77. The molecule has 3 aromatic rings. The van der Waals surface area contributed by atoms with Gasteiger partial charge >= 0.3 is 10.1 Å². The third kappa shape index (κ3) is 3.85. The summed E-state index contributed by atoms with van der Waals surface area (Å²) in [7, 11) is -4.35. The molecule has 11 heteroatoms. The van der Waals surface area contributed by atoms with Gasteiger partial charge in [0.25, 0.3) is 11.6 Å². The van der Waals surface area contributed by atoms with Crippen molar-refractivity contribution in [1.29, 1.82) is 0 Å². The standard InChI is InChI=1S/C16H13Cl2N3O5S/c1-2-7-20-14-6-4-11(21(22)23)9-12(14)16(19-20)26-27(24,25)15-8-10(17)3-5-13(15)18/h3-6,8-9H,2,7H2,1H3. The maximum atomic E-state index is 12.7. The average molecular weight is 430 g/mol. The van der Waals surface area contributed by atoms with Gasteiger partial charge in [0.05, 0.1) is 20.8 Å². The molecule has 0 radical (unpaired) electrons. The summed E-state index contributed by atoms with van der Waals surface area (Å²) in [5, 5.41) is 15.5. The minimum absolute atomic E-state index is 0.0670. The van der Waals surface area contributed by atoms with Crippen LogP contribution >= 0.6 is 23.2 Å². The molecule has 8 nitrogen and oxygen atoms in total. The van der Waals surface area contributed by atoms with Crippen LogP contribution in [0.15, 0.2) is 41.3 Å². The lowest BCUT2D eigenvalue weighted by atomic mass is 10.2. The summed E-state index contributed by atoms with van der Waals surface area (Å²) < 4.78 is 32.0. The fourth-order valence-electron chi connectivity index (χ4n) is 2.51. The Kier molecular flexibility index (Phi) is 5.27. The summed E-state index contributed by atoms with van der Waals surface area (Å²) in [6.07, 6.45) is 0.722. The molecule has 0 spiro atoms. The highest BCUT2D eigenvalue weighted by Gasteiger charge is 2.25. The second-order valence-electron chi connectivity index (χ2n) is 5.60. The van der Waals surface area contributed by atoms with Crippen LogP contribution in [0.3, 0.4) is 0 Å². The summed E-state index contributed by atoms with van der Waals surface area (Å²) in [6, 6.07) is 7.98. The Balaban J connectivity index is 2.14. The summed E-state index contributed by atoms with van der Waals surface area (Å²) in [5.74, 6) is -0.266. The van der Waals surface area contributed by atoms with Gasteiger partial charge in [-0.1, -0.05) is 30.1 Å². The van der Waals surface area contributed by atoms with Crippen molar-refractivity contribution in [3.63, 3.8) is 0 Å². The number of nitro benzene ring substituents is 1. The van der Waals surface area contributed by atoms with E-state index in [-0.39, 0.29) is 31.9 Å². The fourth-order valence-corrected chi connectivity index (χ4v) is 4.15. The number of aryl methyl sites for hydroxylation is 1. The third-order valence-electron chi connectivity index (χ3n) is 3.70. The van der Waals surface area contributed by atoms with Crippen LogP contribution in [0.25, 0.3) is 10.9 Å². The first-order chi connectivity index (χ1) is 12.7. The minimum atomic E-state index is -4.35. The molecule has 1 aromatic heterocycles. The third-order valence-corrected chi connectivity index (χ3v) is 5.63. The molecule has 142 valence electrons. The number of benzene rings is 2. The Morgan fingerprint density at radius 3 is 2.63 bits per heavy atom. The Morgan fingerprint density at radius 2 is 1.96 bits per heavy atom. The quantitative estimate of drug-likeness (QED) is 0.326. The predicted octanol–water partition coefficient (Wildman–Crippen LogP) is 4.43. The summed E-state index contributed by atoms with van der Waals surface area (Å²) >= 11 is 11.8. The van der Waals surface area contributed by atoms with Crippen molar-refractivity contribution in [3.8, 4) is 5.88 Å². The van der Waals surface area contributed by atoms with Crippen molar-refractivity contribution in [2.45, 2.75) is 24.8 Å². The fraction of sp³-hybridized carbons (Fsp3) is 0.188. The molecule has 0 amide bonds. The maximum absolute atomic E-state index is 12.7. The molecule has 2 aromatic carbocycles. The maximum Gasteiger partial charge on any atom is 0.342 e. The van der Waals surface area contributed by atoms with E-state index in [4.69, 9.17) is 27.4 Å². The van der Waals surface area contributed by atoms with Crippen molar-refractivity contribution >= 4 is 49.9 Å². The molecule has 27 heavy (non-hydrogen) atoms. The molecule has 0 saturated carbocycles. The van der Waals surface area contributed by atoms with E-state index in [0.717, 1.165) is 12.5 Å². The molecule has 0 atom stereocenters. The normalized spacial score (nSPS) is 11.7. The second-order valence-corrected chi connectivity index (χ2v) is 7.96. The Bertz CT molecular complexity index is 1140. The summed E-state index contributed by atoms with van der Waals surface area (Å²) in [6.45, 7) is 2.40. The number of fused-ring (bicyclic) bond motifs is 1. The number of aromatic nitrogens is 2. The molecular weight excluding hydrogens is 417 g/mol. The van der Waals surface area contributed by atoms with E-state index in [1.54, 1.807) is 0 Å². The molecule has 1 heterocycles. The lowest BCUT2D eigenvalue weighted by Crippen LogP contribution is -2.11. The van der Waals surface area contributed by atoms with Crippen LogP contribution in [0.4, 0.5) is 5.69 Å². The molecule has 0 saturated heterocycles. The highest BCUT2D eigenvalue weighted by Crippen LogP contribution is 2.33. The first kappa shape index (κ1) is 19.4. The van der Waals surface area contributed by atoms with Crippen LogP contribution in [0.5, 0.6) is 5.88 Å². The van der Waals surface area contributed by atoms with Crippen molar-refractivity contribution in [2.24, 2.45) is 0 Å². The zero-order valence-electron chi connectivity index (χ0n) is 13.9. The van der Waals surface area contributed by atoms with Gasteiger partial charge in [-0.05, 0) is 30.7 Å². The van der Waals surface area contributed by atoms with E-state index >= 15 is 0 Å². The van der Waals surface area contributed by atoms with Crippen molar-refractivity contribution < 1.29 is 17.5 Å². The molecule has 0 aliphatic rings. The number of hydrogen-bond donors (Lipinski definition) is 0. The van der Waals surface area contributed by atoms with Gasteiger partial charge < -0.3 is 4.18 Å². The number of rotatable bonds is 6. The lowest BCUT2D eigenvalue weighted by Gasteiger charge is -2.07. The van der Waals surface area contributed by atoms with Gasteiger partial charge in [0.2, 0.25) is 0 Å². The monoisotopic (exact) mass is 429 g/mol. The number of nitro groups is 1. The second kappa shape index (κ2) is 7.34. The Morgan fingerprint density at radius 1 is 1.22 bits per heavy atom. The number of nitrogens with zero attached hydrogens (tertiary/aromatic N) is 3. The molecule has 0 N–H and O–H groups in total. The molecule has 3 rings (SSSR count). The van der Waals surface area contributed by atoms with Gasteiger partial charge in [0.15, 0.2) is 0 Å². The summed E-state index contributed by atoms with van der Waals surface area (Å²) in [4.78, 5) is 10.2. The Hall–Kier alpha value is -2.36. The van der Waals surface area contributed by atoms with Gasteiger partial charge in [0.1, 0.15) is 4.90 Å². The molecule has 0 aliphatic heterocycles. The lowest BCUT2D eigenvalue weighted by molar-refractivity contribution is -0.384. The van der Waals surface area contributed by atoms with Gasteiger partial charge in [0, 0.05) is 23.7 Å². The topological polar surface area (TPSA) is 104 Å². The largest absolute Gasteiger partial charge is 0.356 e. The zero-order chi connectivity index (χ0) is 19.8. The van der Waals surface area contributed by atoms with Crippen LogP contribution in [0.1, 0.15) is 13.3 Å². The smallest absolute Gasteiger partial charge is 0.342 e. The van der Waals surface area contributed by atoms with E-state index in [2.05, 4.69) is 5.10 Å². The van der Waals surface area contributed by atoms with Crippen LogP contribution in [-0.2, 0) is 16.7 Å². The van der Waals surface area contributed by atoms with E-state index in [9.17, 15) is 18.5 Å². The highest BCUT2D eigenvalue weighted by atomic mass is 35.5. The molecule has 0 fully saturated rings. The molecule has 0 unspecified atom stereocenters. The van der Waals surface area contributed by atoms with Gasteiger partial charge in [-0.15, -0.1) is 5.10 Å².